The predicted molar refractivity (Wildman–Crippen MR) is 81.9 cm³/mol. The lowest BCUT2D eigenvalue weighted by molar-refractivity contribution is -0.121. The Labute approximate surface area is 122 Å². The molecule has 3 aromatic rings. The molecule has 1 N–H and O–H groups in total. The van der Waals surface area contributed by atoms with Gasteiger partial charge in [0.2, 0.25) is 5.91 Å². The Morgan fingerprint density at radius 3 is 2.81 bits per heavy atom. The SMILES string of the molecule is O=C1Cc2c(ccc3ccccc23)C(c2cccnc2)N1. The molecule has 1 aliphatic heterocycles. The highest BCUT2D eigenvalue weighted by molar-refractivity contribution is 5.93. The van der Waals surface area contributed by atoms with Crippen molar-refractivity contribution in [1.82, 2.24) is 10.3 Å². The summed E-state index contributed by atoms with van der Waals surface area (Å²) < 4.78 is 0. The van der Waals surface area contributed by atoms with Crippen LogP contribution in [0.3, 0.4) is 0 Å². The summed E-state index contributed by atoms with van der Waals surface area (Å²) in [5, 5.41) is 5.42. The van der Waals surface area contributed by atoms with Crippen LogP contribution in [-0.2, 0) is 11.2 Å². The van der Waals surface area contributed by atoms with E-state index in [4.69, 9.17) is 0 Å². The van der Waals surface area contributed by atoms with E-state index in [1.165, 1.54) is 16.3 Å². The van der Waals surface area contributed by atoms with E-state index in [0.29, 0.717) is 6.42 Å². The molecule has 2 heterocycles. The molecule has 2 aromatic carbocycles. The van der Waals surface area contributed by atoms with Gasteiger partial charge >= 0.3 is 0 Å². The summed E-state index contributed by atoms with van der Waals surface area (Å²) in [6, 6.07) is 16.3. The molecule has 21 heavy (non-hydrogen) atoms. The molecule has 1 amide bonds. The number of carbonyl (C=O) groups excluding carboxylic acids is 1. The molecule has 0 saturated carbocycles. The number of fused-ring (bicyclic) bond motifs is 3. The average molecular weight is 274 g/mol. The van der Waals surface area contributed by atoms with Crippen molar-refractivity contribution in [2.45, 2.75) is 12.5 Å². The van der Waals surface area contributed by atoms with Crippen molar-refractivity contribution in [3.8, 4) is 0 Å². The van der Waals surface area contributed by atoms with Gasteiger partial charge in [-0.3, -0.25) is 9.78 Å². The van der Waals surface area contributed by atoms with Crippen LogP contribution >= 0.6 is 0 Å². The van der Waals surface area contributed by atoms with Gasteiger partial charge in [-0.25, -0.2) is 0 Å². The smallest absolute Gasteiger partial charge is 0.225 e. The summed E-state index contributed by atoms with van der Waals surface area (Å²) in [5.41, 5.74) is 3.31. The largest absolute Gasteiger partial charge is 0.345 e. The third-order valence-corrected chi connectivity index (χ3v) is 4.05. The highest BCUT2D eigenvalue weighted by Crippen LogP contribution is 2.33. The molecule has 0 radical (unpaired) electrons. The molecule has 1 aromatic heterocycles. The standard InChI is InChI=1S/C18H14N2O/c21-17-10-16-14-6-2-1-4-12(14)7-8-15(16)18(20-17)13-5-3-9-19-11-13/h1-9,11,18H,10H2,(H,20,21). The van der Waals surface area contributed by atoms with Crippen LogP contribution in [0.1, 0.15) is 22.7 Å². The first-order valence-corrected chi connectivity index (χ1v) is 7.03. The Balaban J connectivity index is 1.95. The maximum absolute atomic E-state index is 12.1. The summed E-state index contributed by atoms with van der Waals surface area (Å²) in [4.78, 5) is 16.3. The highest BCUT2D eigenvalue weighted by atomic mass is 16.1. The molecule has 3 nitrogen and oxygen atoms in total. The van der Waals surface area contributed by atoms with E-state index in [2.05, 4.69) is 34.6 Å². The van der Waals surface area contributed by atoms with E-state index in [1.54, 1.807) is 6.20 Å². The van der Waals surface area contributed by atoms with Crippen molar-refractivity contribution >= 4 is 16.7 Å². The number of nitrogens with one attached hydrogen (secondary N) is 1. The quantitative estimate of drug-likeness (QED) is 0.741. The number of carbonyl (C=O) groups is 1. The topological polar surface area (TPSA) is 42.0 Å². The van der Waals surface area contributed by atoms with E-state index < -0.39 is 0 Å². The molecule has 1 atom stereocenters. The van der Waals surface area contributed by atoms with Crippen LogP contribution in [0.5, 0.6) is 0 Å². The number of benzene rings is 2. The van der Waals surface area contributed by atoms with Gasteiger partial charge in [-0.2, -0.15) is 0 Å². The lowest BCUT2D eigenvalue weighted by Crippen LogP contribution is -2.36. The first-order chi connectivity index (χ1) is 10.3. The Hall–Kier alpha value is -2.68. The Morgan fingerprint density at radius 2 is 1.95 bits per heavy atom. The van der Waals surface area contributed by atoms with Crippen LogP contribution in [0.4, 0.5) is 0 Å². The third kappa shape index (κ3) is 1.98. The summed E-state index contributed by atoms with van der Waals surface area (Å²) in [6.45, 7) is 0. The number of hydrogen-bond donors (Lipinski definition) is 1. The van der Waals surface area contributed by atoms with Gasteiger partial charge in [0.05, 0.1) is 12.5 Å². The second-order valence-corrected chi connectivity index (χ2v) is 5.32. The molecule has 1 unspecified atom stereocenters. The van der Waals surface area contributed by atoms with E-state index in [9.17, 15) is 4.79 Å². The second-order valence-electron chi connectivity index (χ2n) is 5.32. The zero-order chi connectivity index (χ0) is 14.2. The van der Waals surface area contributed by atoms with E-state index in [-0.39, 0.29) is 11.9 Å². The summed E-state index contributed by atoms with van der Waals surface area (Å²) in [7, 11) is 0. The minimum atomic E-state index is -0.112. The van der Waals surface area contributed by atoms with Crippen LogP contribution in [0, 0.1) is 0 Å². The van der Waals surface area contributed by atoms with Crippen molar-refractivity contribution in [2.75, 3.05) is 0 Å². The van der Waals surface area contributed by atoms with Gasteiger partial charge in [0.25, 0.3) is 0 Å². The predicted octanol–water partition coefficient (Wildman–Crippen LogP) is 3.00. The first-order valence-electron chi connectivity index (χ1n) is 7.03. The number of pyridine rings is 1. The van der Waals surface area contributed by atoms with Gasteiger partial charge in [0, 0.05) is 12.4 Å². The van der Waals surface area contributed by atoms with Crippen molar-refractivity contribution < 1.29 is 4.79 Å². The highest BCUT2D eigenvalue weighted by Gasteiger charge is 2.26. The van der Waals surface area contributed by atoms with Gasteiger partial charge in [-0.05, 0) is 33.5 Å². The van der Waals surface area contributed by atoms with Gasteiger partial charge in [-0.1, -0.05) is 42.5 Å². The molecule has 102 valence electrons. The van der Waals surface area contributed by atoms with Crippen LogP contribution in [0.25, 0.3) is 10.8 Å². The van der Waals surface area contributed by atoms with Crippen LogP contribution in [0.15, 0.2) is 60.9 Å². The van der Waals surface area contributed by atoms with Crippen LogP contribution in [-0.4, -0.2) is 10.9 Å². The number of aromatic nitrogens is 1. The van der Waals surface area contributed by atoms with Crippen molar-refractivity contribution in [2.24, 2.45) is 0 Å². The van der Waals surface area contributed by atoms with E-state index in [0.717, 1.165) is 11.1 Å². The molecule has 0 aliphatic carbocycles. The van der Waals surface area contributed by atoms with Crippen LogP contribution < -0.4 is 5.32 Å². The zero-order valence-electron chi connectivity index (χ0n) is 11.4. The second kappa shape index (κ2) is 4.70. The Kier molecular flexibility index (Phi) is 2.71. The number of hydrogen-bond acceptors (Lipinski definition) is 2. The maximum atomic E-state index is 12.1. The lowest BCUT2D eigenvalue weighted by atomic mass is 9.87. The van der Waals surface area contributed by atoms with Crippen molar-refractivity contribution in [3.63, 3.8) is 0 Å². The molecule has 0 bridgehead atoms. The summed E-state index contributed by atoms with van der Waals surface area (Å²) in [5.74, 6) is 0.0627. The van der Waals surface area contributed by atoms with Crippen molar-refractivity contribution in [1.29, 1.82) is 0 Å². The molecule has 4 rings (SSSR count). The minimum absolute atomic E-state index is 0.0627. The number of nitrogens with zero attached hydrogens (tertiary/aromatic N) is 1. The van der Waals surface area contributed by atoms with Gasteiger partial charge in [-0.15, -0.1) is 0 Å². The van der Waals surface area contributed by atoms with E-state index in [1.807, 2.05) is 30.5 Å². The van der Waals surface area contributed by atoms with Crippen molar-refractivity contribution in [3.05, 3.63) is 77.6 Å². The average Bonchev–Trinajstić information content (AvgIpc) is 2.55. The molecular weight excluding hydrogens is 260 g/mol. The minimum Gasteiger partial charge on any atom is -0.345 e. The maximum Gasteiger partial charge on any atom is 0.225 e. The molecule has 0 saturated heterocycles. The van der Waals surface area contributed by atoms with Gasteiger partial charge < -0.3 is 5.32 Å². The third-order valence-electron chi connectivity index (χ3n) is 4.05. The fraction of sp³-hybridized carbons (Fsp3) is 0.111. The van der Waals surface area contributed by atoms with Gasteiger partial charge in [0.1, 0.15) is 0 Å². The Morgan fingerprint density at radius 1 is 1.05 bits per heavy atom. The van der Waals surface area contributed by atoms with E-state index >= 15 is 0 Å². The number of rotatable bonds is 1. The number of amides is 1. The fourth-order valence-corrected chi connectivity index (χ4v) is 3.08. The zero-order valence-corrected chi connectivity index (χ0v) is 11.4. The fourth-order valence-electron chi connectivity index (χ4n) is 3.08. The normalized spacial score (nSPS) is 17.3. The molecule has 0 spiro atoms. The lowest BCUT2D eigenvalue weighted by Gasteiger charge is -2.28. The summed E-state index contributed by atoms with van der Waals surface area (Å²) >= 11 is 0. The molecule has 1 aliphatic rings. The summed E-state index contributed by atoms with van der Waals surface area (Å²) in [6.07, 6.45) is 4.00. The molecule has 0 fully saturated rings. The monoisotopic (exact) mass is 274 g/mol. The first kappa shape index (κ1) is 12.1. The Bertz CT molecular complexity index is 827. The molecule has 3 heteroatoms. The molecular formula is C18H14N2O. The van der Waals surface area contributed by atoms with Gasteiger partial charge in [0.15, 0.2) is 0 Å². The van der Waals surface area contributed by atoms with Crippen LogP contribution in [0.2, 0.25) is 0 Å².